The van der Waals surface area contributed by atoms with Crippen LogP contribution >= 0.6 is 0 Å². The van der Waals surface area contributed by atoms with Crippen molar-refractivity contribution >= 4 is 23.0 Å². The molecule has 3 aromatic carbocycles. The van der Waals surface area contributed by atoms with Crippen molar-refractivity contribution < 1.29 is 19.0 Å². The van der Waals surface area contributed by atoms with Crippen LogP contribution in [0.25, 0.3) is 0 Å². The zero-order valence-corrected chi connectivity index (χ0v) is 25.9. The lowest BCUT2D eigenvalue weighted by atomic mass is 9.65. The Morgan fingerprint density at radius 3 is 2.43 bits per heavy atom. The summed E-state index contributed by atoms with van der Waals surface area (Å²) in [4.78, 5) is 18.5. The number of nitrogens with zero attached hydrogens (tertiary/aromatic N) is 2. The molecule has 2 heterocycles. The Balaban J connectivity index is 1.40. The summed E-state index contributed by atoms with van der Waals surface area (Å²) in [5.74, 6) is 2.10. The van der Waals surface area contributed by atoms with Gasteiger partial charge in [0.2, 0.25) is 5.91 Å². The van der Waals surface area contributed by atoms with Gasteiger partial charge < -0.3 is 34.7 Å². The molecule has 1 spiro atoms. The van der Waals surface area contributed by atoms with Crippen LogP contribution in [0.2, 0.25) is 0 Å². The van der Waals surface area contributed by atoms with Gasteiger partial charge in [0, 0.05) is 30.4 Å². The molecular formula is C36H42N4O4. The Morgan fingerprint density at radius 1 is 1.07 bits per heavy atom. The average Bonchev–Trinajstić information content (AvgIpc) is 3.27. The van der Waals surface area contributed by atoms with Crippen LogP contribution in [0, 0.1) is 5.41 Å². The summed E-state index contributed by atoms with van der Waals surface area (Å²) in [6, 6.07) is 21.7. The maximum absolute atomic E-state index is 14.3. The lowest BCUT2D eigenvalue weighted by Crippen LogP contribution is -2.44. The number of ether oxygens (including phenoxy) is 3. The van der Waals surface area contributed by atoms with Crippen molar-refractivity contribution in [2.24, 2.45) is 0 Å². The molecule has 1 saturated carbocycles. The van der Waals surface area contributed by atoms with Gasteiger partial charge in [0.25, 0.3) is 0 Å². The number of fused-ring (bicyclic) bond motifs is 2. The highest BCUT2D eigenvalue weighted by molar-refractivity contribution is 6.13. The molecule has 2 aliphatic heterocycles. The fourth-order valence-corrected chi connectivity index (χ4v) is 6.48. The number of allylic oxidation sites excluding steroid dienone is 1. The molecule has 230 valence electrons. The van der Waals surface area contributed by atoms with Gasteiger partial charge in [-0.25, -0.2) is 0 Å². The standard InChI is InChI=1S/C36H42N4O4/c1-4-43-33(38-27-9-6-5-7-10-27)23-31(37)26-21-30-34(32(22-26)44-29-15-19-39(2)20-16-29)40(35(41)36(30)17-8-18-36)24-25-11-13-28(42-3)14-12-25/h5-7,9-14,21-23,29,37-38H,4,8,15-20,24H2,1-3H3/b33-23+,37-31?. The highest BCUT2D eigenvalue weighted by Gasteiger charge is 2.55. The third kappa shape index (κ3) is 5.91. The van der Waals surface area contributed by atoms with Crippen LogP contribution in [-0.4, -0.2) is 56.5 Å². The van der Waals surface area contributed by atoms with Gasteiger partial charge in [0.05, 0.1) is 37.1 Å². The summed E-state index contributed by atoms with van der Waals surface area (Å²) in [6.07, 6.45) is 6.21. The van der Waals surface area contributed by atoms with E-state index in [1.807, 2.05) is 78.6 Å². The van der Waals surface area contributed by atoms with E-state index in [0.717, 1.165) is 73.4 Å². The van der Waals surface area contributed by atoms with E-state index < -0.39 is 5.41 Å². The van der Waals surface area contributed by atoms with Gasteiger partial charge in [-0.05, 0) is 87.2 Å². The van der Waals surface area contributed by atoms with Crippen molar-refractivity contribution in [3.8, 4) is 11.5 Å². The third-order valence-electron chi connectivity index (χ3n) is 9.11. The molecule has 0 bridgehead atoms. The zero-order valence-electron chi connectivity index (χ0n) is 25.9. The van der Waals surface area contributed by atoms with Crippen molar-refractivity contribution in [3.05, 3.63) is 95.4 Å². The molecule has 6 rings (SSSR count). The number of hydrogen-bond donors (Lipinski definition) is 2. The normalized spacial score (nSPS) is 18.1. The fourth-order valence-electron chi connectivity index (χ4n) is 6.48. The predicted molar refractivity (Wildman–Crippen MR) is 174 cm³/mol. The highest BCUT2D eigenvalue weighted by atomic mass is 16.5. The van der Waals surface area contributed by atoms with Gasteiger partial charge in [-0.15, -0.1) is 0 Å². The predicted octanol–water partition coefficient (Wildman–Crippen LogP) is 6.49. The van der Waals surface area contributed by atoms with Gasteiger partial charge in [0.15, 0.2) is 5.88 Å². The molecule has 8 nitrogen and oxygen atoms in total. The zero-order chi connectivity index (χ0) is 30.7. The van der Waals surface area contributed by atoms with E-state index >= 15 is 0 Å². The molecule has 0 unspecified atom stereocenters. The number of carbonyl (C=O) groups is 1. The lowest BCUT2D eigenvalue weighted by Gasteiger charge is -2.37. The molecule has 1 saturated heterocycles. The smallest absolute Gasteiger partial charge is 0.238 e. The molecule has 2 fully saturated rings. The average molecular weight is 595 g/mol. The number of amides is 1. The number of anilines is 2. The second kappa shape index (κ2) is 12.7. The molecule has 1 amide bonds. The number of nitrogens with one attached hydrogen (secondary N) is 2. The van der Waals surface area contributed by atoms with Gasteiger partial charge >= 0.3 is 0 Å². The van der Waals surface area contributed by atoms with Gasteiger partial charge in [-0.1, -0.05) is 36.8 Å². The van der Waals surface area contributed by atoms with E-state index in [1.54, 1.807) is 13.2 Å². The van der Waals surface area contributed by atoms with Crippen LogP contribution in [0.3, 0.4) is 0 Å². The summed E-state index contributed by atoms with van der Waals surface area (Å²) in [5, 5.41) is 12.5. The first-order chi connectivity index (χ1) is 21.4. The minimum atomic E-state index is -0.572. The van der Waals surface area contributed by atoms with Crippen LogP contribution in [0.4, 0.5) is 11.4 Å². The number of likely N-dealkylation sites (tertiary alicyclic amines) is 1. The molecule has 8 heteroatoms. The number of benzene rings is 3. The van der Waals surface area contributed by atoms with E-state index in [0.29, 0.717) is 36.1 Å². The Bertz CT molecular complexity index is 1520. The largest absolute Gasteiger partial charge is 0.497 e. The SMILES string of the molecule is CCO/C(=C/C(=N)c1cc(OC2CCN(C)CC2)c2c(c1)C1(CCC1)C(=O)N2Cc1ccc(OC)cc1)Nc1ccccc1. The third-order valence-corrected chi connectivity index (χ3v) is 9.11. The van der Waals surface area contributed by atoms with E-state index in [4.69, 9.17) is 19.6 Å². The minimum Gasteiger partial charge on any atom is -0.497 e. The van der Waals surface area contributed by atoms with Gasteiger partial charge in [0.1, 0.15) is 17.6 Å². The van der Waals surface area contributed by atoms with Gasteiger partial charge in [-0.3, -0.25) is 4.79 Å². The van der Waals surface area contributed by atoms with Crippen molar-refractivity contribution in [3.63, 3.8) is 0 Å². The quantitative estimate of drug-likeness (QED) is 0.195. The lowest BCUT2D eigenvalue weighted by molar-refractivity contribution is -0.126. The molecule has 0 atom stereocenters. The van der Waals surface area contributed by atoms with E-state index in [-0.39, 0.29) is 12.0 Å². The minimum absolute atomic E-state index is 0.0462. The van der Waals surface area contributed by atoms with Crippen LogP contribution < -0.4 is 19.7 Å². The summed E-state index contributed by atoms with van der Waals surface area (Å²) >= 11 is 0. The van der Waals surface area contributed by atoms with Crippen molar-refractivity contribution in [2.75, 3.05) is 44.1 Å². The molecule has 44 heavy (non-hydrogen) atoms. The highest BCUT2D eigenvalue weighted by Crippen LogP contribution is 2.57. The number of piperidine rings is 1. The Kier molecular flexibility index (Phi) is 8.62. The number of hydrogen-bond acceptors (Lipinski definition) is 7. The summed E-state index contributed by atoms with van der Waals surface area (Å²) in [5.41, 5.74) is 4.19. The summed E-state index contributed by atoms with van der Waals surface area (Å²) in [6.45, 7) is 4.77. The molecule has 3 aromatic rings. The molecule has 3 aliphatic rings. The molecule has 2 N–H and O–H groups in total. The summed E-state index contributed by atoms with van der Waals surface area (Å²) < 4.78 is 18.0. The second-order valence-corrected chi connectivity index (χ2v) is 12.0. The first kappa shape index (κ1) is 29.8. The van der Waals surface area contributed by atoms with Crippen LogP contribution in [0.5, 0.6) is 11.5 Å². The monoisotopic (exact) mass is 594 g/mol. The number of rotatable bonds is 11. The Labute approximate surface area is 260 Å². The van der Waals surface area contributed by atoms with Crippen molar-refractivity contribution in [2.45, 2.75) is 57.1 Å². The van der Waals surface area contributed by atoms with Crippen molar-refractivity contribution in [1.82, 2.24) is 4.90 Å². The maximum atomic E-state index is 14.3. The molecule has 0 radical (unpaired) electrons. The molecule has 0 aromatic heterocycles. The molecule has 1 aliphatic carbocycles. The molecular weight excluding hydrogens is 552 g/mol. The van der Waals surface area contributed by atoms with Gasteiger partial charge in [-0.2, -0.15) is 0 Å². The van der Waals surface area contributed by atoms with E-state index in [2.05, 4.69) is 17.3 Å². The maximum Gasteiger partial charge on any atom is 0.238 e. The topological polar surface area (TPSA) is 87.1 Å². The summed E-state index contributed by atoms with van der Waals surface area (Å²) in [7, 11) is 3.79. The number of carbonyl (C=O) groups excluding carboxylic acids is 1. The van der Waals surface area contributed by atoms with E-state index in [9.17, 15) is 4.79 Å². The Morgan fingerprint density at radius 2 is 1.80 bits per heavy atom. The van der Waals surface area contributed by atoms with Crippen LogP contribution in [-0.2, 0) is 21.5 Å². The second-order valence-electron chi connectivity index (χ2n) is 12.0. The fraction of sp³-hybridized carbons (Fsp3) is 0.389. The first-order valence-electron chi connectivity index (χ1n) is 15.6. The van der Waals surface area contributed by atoms with Crippen LogP contribution in [0.1, 0.15) is 55.7 Å². The van der Waals surface area contributed by atoms with E-state index in [1.165, 1.54) is 0 Å². The Hall–Kier alpha value is -4.30. The first-order valence-corrected chi connectivity index (χ1v) is 15.6. The van der Waals surface area contributed by atoms with Crippen LogP contribution in [0.15, 0.2) is 78.7 Å². The number of para-hydroxylation sites is 1. The van der Waals surface area contributed by atoms with Crippen molar-refractivity contribution in [1.29, 1.82) is 5.41 Å². The number of methoxy groups -OCH3 is 1.